The molecule has 1 aromatic carbocycles. The quantitative estimate of drug-likeness (QED) is 0.852. The molecule has 1 N–H and O–H groups in total. The summed E-state index contributed by atoms with van der Waals surface area (Å²) in [6.45, 7) is 2.06. The Hall–Kier alpha value is -2.61. The molecule has 0 saturated carbocycles. The molecule has 7 nitrogen and oxygen atoms in total. The van der Waals surface area contributed by atoms with Crippen molar-refractivity contribution in [2.75, 3.05) is 33.9 Å². The van der Waals surface area contributed by atoms with E-state index in [2.05, 4.69) is 10.3 Å². The van der Waals surface area contributed by atoms with Gasteiger partial charge in [0.15, 0.2) is 11.5 Å². The van der Waals surface area contributed by atoms with Crippen LogP contribution in [0.25, 0.3) is 10.6 Å². The first-order valence-electron chi connectivity index (χ1n) is 9.27. The van der Waals surface area contributed by atoms with Gasteiger partial charge >= 0.3 is 0 Å². The summed E-state index contributed by atoms with van der Waals surface area (Å²) in [6, 6.07) is 5.60. The summed E-state index contributed by atoms with van der Waals surface area (Å²) in [4.78, 5) is 30.8. The van der Waals surface area contributed by atoms with Crippen molar-refractivity contribution in [3.05, 3.63) is 29.3 Å². The lowest BCUT2D eigenvalue weighted by atomic mass is 9.77. The summed E-state index contributed by atoms with van der Waals surface area (Å²) >= 11 is 1.44. The predicted molar refractivity (Wildman–Crippen MR) is 106 cm³/mol. The second kappa shape index (κ2) is 7.43. The Morgan fingerprint density at radius 1 is 1.21 bits per heavy atom. The number of amides is 2. The molecule has 2 saturated heterocycles. The Balaban J connectivity index is 1.46. The van der Waals surface area contributed by atoms with E-state index in [4.69, 9.17) is 9.47 Å². The van der Waals surface area contributed by atoms with Gasteiger partial charge in [-0.1, -0.05) is 0 Å². The van der Waals surface area contributed by atoms with Crippen molar-refractivity contribution in [1.82, 2.24) is 15.2 Å². The minimum Gasteiger partial charge on any atom is -0.493 e. The number of rotatable bonds is 4. The largest absolute Gasteiger partial charge is 0.493 e. The highest BCUT2D eigenvalue weighted by Gasteiger charge is 2.41. The van der Waals surface area contributed by atoms with Gasteiger partial charge in [-0.15, -0.1) is 11.3 Å². The fraction of sp³-hybridized carbons (Fsp3) is 0.450. The minimum absolute atomic E-state index is 0.0285. The number of carbonyl (C=O) groups is 2. The molecule has 3 heterocycles. The number of benzene rings is 1. The fourth-order valence-electron chi connectivity index (χ4n) is 3.93. The molecule has 1 aromatic heterocycles. The van der Waals surface area contributed by atoms with E-state index < -0.39 is 0 Å². The third-order valence-electron chi connectivity index (χ3n) is 5.66. The average Bonchev–Trinajstić information content (AvgIpc) is 3.35. The maximum absolute atomic E-state index is 12.9. The normalized spacial score (nSPS) is 18.2. The maximum atomic E-state index is 12.9. The number of methoxy groups -OCH3 is 2. The smallest absolute Gasteiger partial charge is 0.273 e. The lowest BCUT2D eigenvalue weighted by Crippen LogP contribution is -2.44. The summed E-state index contributed by atoms with van der Waals surface area (Å²) in [5.74, 6) is 1.36. The van der Waals surface area contributed by atoms with E-state index in [1.807, 2.05) is 23.1 Å². The lowest BCUT2D eigenvalue weighted by Gasteiger charge is -2.37. The van der Waals surface area contributed by atoms with Crippen molar-refractivity contribution in [3.8, 4) is 22.1 Å². The van der Waals surface area contributed by atoms with E-state index in [1.54, 1.807) is 19.6 Å². The second-order valence-corrected chi connectivity index (χ2v) is 8.21. The molecule has 4 rings (SSSR count). The van der Waals surface area contributed by atoms with Crippen LogP contribution in [0.2, 0.25) is 0 Å². The number of likely N-dealkylation sites (tertiary alicyclic amines) is 1. The van der Waals surface area contributed by atoms with Crippen LogP contribution >= 0.6 is 11.3 Å². The number of aromatic nitrogens is 1. The van der Waals surface area contributed by atoms with Crippen molar-refractivity contribution in [2.24, 2.45) is 5.41 Å². The van der Waals surface area contributed by atoms with Gasteiger partial charge in [0.25, 0.3) is 5.91 Å². The molecule has 148 valence electrons. The zero-order chi connectivity index (χ0) is 19.7. The van der Waals surface area contributed by atoms with Gasteiger partial charge in [-0.25, -0.2) is 4.98 Å². The molecule has 28 heavy (non-hydrogen) atoms. The molecule has 2 aromatic rings. The van der Waals surface area contributed by atoms with E-state index in [0.717, 1.165) is 30.0 Å². The molecular weight excluding hydrogens is 378 g/mol. The van der Waals surface area contributed by atoms with Crippen LogP contribution in [0, 0.1) is 5.41 Å². The van der Waals surface area contributed by atoms with Gasteiger partial charge in [-0.05, 0) is 36.5 Å². The Morgan fingerprint density at radius 3 is 2.61 bits per heavy atom. The van der Waals surface area contributed by atoms with E-state index in [9.17, 15) is 9.59 Å². The molecule has 1 spiro atoms. The van der Waals surface area contributed by atoms with E-state index in [1.165, 1.54) is 11.3 Å². The number of carbonyl (C=O) groups excluding carboxylic acids is 2. The van der Waals surface area contributed by atoms with Gasteiger partial charge in [0.05, 0.1) is 14.2 Å². The Kier molecular flexibility index (Phi) is 4.97. The summed E-state index contributed by atoms with van der Waals surface area (Å²) in [5.41, 5.74) is 1.38. The molecule has 8 heteroatoms. The molecule has 0 unspecified atom stereocenters. The predicted octanol–water partition coefficient (Wildman–Crippen LogP) is 2.57. The van der Waals surface area contributed by atoms with Gasteiger partial charge in [0.2, 0.25) is 5.91 Å². The maximum Gasteiger partial charge on any atom is 0.273 e. The summed E-state index contributed by atoms with van der Waals surface area (Å²) in [7, 11) is 3.19. The second-order valence-electron chi connectivity index (χ2n) is 7.35. The van der Waals surface area contributed by atoms with Crippen LogP contribution in [-0.2, 0) is 4.79 Å². The number of hydrogen-bond donors (Lipinski definition) is 1. The molecular formula is C20H23N3O4S. The molecule has 2 aliphatic rings. The van der Waals surface area contributed by atoms with Crippen molar-refractivity contribution >= 4 is 23.2 Å². The van der Waals surface area contributed by atoms with Crippen LogP contribution in [-0.4, -0.2) is 55.6 Å². The Bertz CT molecular complexity index is 903. The number of hydrogen-bond acceptors (Lipinski definition) is 6. The van der Waals surface area contributed by atoms with Crippen molar-refractivity contribution in [1.29, 1.82) is 0 Å². The van der Waals surface area contributed by atoms with Crippen LogP contribution in [0.4, 0.5) is 0 Å². The highest BCUT2D eigenvalue weighted by atomic mass is 32.1. The third kappa shape index (κ3) is 3.44. The standard InChI is InChI=1S/C20H23N3O4S/c1-26-15-4-3-13(9-16(15)27-2)18-22-14(11-28-18)19(25)23-7-5-20(6-8-23)10-17(24)21-12-20/h3-4,9,11H,5-8,10,12H2,1-2H3,(H,21,24). The highest BCUT2D eigenvalue weighted by molar-refractivity contribution is 7.13. The summed E-state index contributed by atoms with van der Waals surface area (Å²) < 4.78 is 10.6. The zero-order valence-electron chi connectivity index (χ0n) is 16.0. The molecule has 0 radical (unpaired) electrons. The minimum atomic E-state index is -0.0462. The van der Waals surface area contributed by atoms with Gasteiger partial charge in [-0.2, -0.15) is 0 Å². The molecule has 0 atom stereocenters. The first-order valence-corrected chi connectivity index (χ1v) is 10.2. The zero-order valence-corrected chi connectivity index (χ0v) is 16.8. The molecule has 2 aliphatic heterocycles. The van der Waals surface area contributed by atoms with Crippen molar-refractivity contribution in [3.63, 3.8) is 0 Å². The van der Waals surface area contributed by atoms with E-state index >= 15 is 0 Å². The number of piperidine rings is 1. The topological polar surface area (TPSA) is 80.8 Å². The summed E-state index contributed by atoms with van der Waals surface area (Å²) in [6.07, 6.45) is 2.28. The number of nitrogens with zero attached hydrogens (tertiary/aromatic N) is 2. The first kappa shape index (κ1) is 18.7. The van der Waals surface area contributed by atoms with Crippen molar-refractivity contribution < 1.29 is 19.1 Å². The molecule has 2 amide bonds. The average molecular weight is 401 g/mol. The first-order chi connectivity index (χ1) is 13.5. The SMILES string of the molecule is COc1ccc(-c2nc(C(=O)N3CCC4(CC3)CNC(=O)C4)cs2)cc1OC. The van der Waals surface area contributed by atoms with Gasteiger partial charge in [0.1, 0.15) is 10.7 Å². The molecule has 0 bridgehead atoms. The Labute approximate surface area is 167 Å². The molecule has 2 fully saturated rings. The van der Waals surface area contributed by atoms with Crippen LogP contribution < -0.4 is 14.8 Å². The van der Waals surface area contributed by atoms with Crippen LogP contribution in [0.15, 0.2) is 23.6 Å². The van der Waals surface area contributed by atoms with Gasteiger partial charge < -0.3 is 19.7 Å². The lowest BCUT2D eigenvalue weighted by molar-refractivity contribution is -0.119. The van der Waals surface area contributed by atoms with Crippen LogP contribution in [0.5, 0.6) is 11.5 Å². The molecule has 0 aliphatic carbocycles. The third-order valence-corrected chi connectivity index (χ3v) is 6.55. The monoisotopic (exact) mass is 401 g/mol. The van der Waals surface area contributed by atoms with Crippen molar-refractivity contribution in [2.45, 2.75) is 19.3 Å². The number of ether oxygens (including phenoxy) is 2. The Morgan fingerprint density at radius 2 is 1.96 bits per heavy atom. The number of nitrogens with one attached hydrogen (secondary N) is 1. The summed E-state index contributed by atoms with van der Waals surface area (Å²) in [5, 5.41) is 5.49. The highest BCUT2D eigenvalue weighted by Crippen LogP contribution is 2.38. The fourth-order valence-corrected chi connectivity index (χ4v) is 4.72. The van der Waals surface area contributed by atoms with Crippen LogP contribution in [0.1, 0.15) is 29.8 Å². The van der Waals surface area contributed by atoms with Gasteiger partial charge in [-0.3, -0.25) is 9.59 Å². The van der Waals surface area contributed by atoms with E-state index in [-0.39, 0.29) is 17.2 Å². The van der Waals surface area contributed by atoms with Crippen LogP contribution in [0.3, 0.4) is 0 Å². The number of thiazole rings is 1. The van der Waals surface area contributed by atoms with E-state index in [0.29, 0.717) is 36.7 Å². The van der Waals surface area contributed by atoms with Gasteiger partial charge in [0, 0.05) is 37.0 Å².